The third kappa shape index (κ3) is 5.07. The number of fused-ring (bicyclic) bond motifs is 10. The van der Waals surface area contributed by atoms with Gasteiger partial charge in [-0.25, -0.2) is 15.0 Å². The number of benzene rings is 8. The Kier molecular flexibility index (Phi) is 7.16. The highest BCUT2D eigenvalue weighted by atomic mass is 16.3. The van der Waals surface area contributed by atoms with Gasteiger partial charge >= 0.3 is 0 Å². The van der Waals surface area contributed by atoms with Gasteiger partial charge in [0.15, 0.2) is 5.82 Å². The zero-order chi connectivity index (χ0) is 38.2. The number of hydrogen-bond acceptors (Lipinski definition) is 4. The van der Waals surface area contributed by atoms with E-state index >= 15 is 0 Å². The van der Waals surface area contributed by atoms with E-state index in [1.807, 2.05) is 30.3 Å². The second-order valence-electron chi connectivity index (χ2n) is 14.8. The molecule has 12 rings (SSSR count). The first-order chi connectivity index (χ1) is 28.7. The molecule has 0 aliphatic heterocycles. The lowest BCUT2D eigenvalue weighted by Crippen LogP contribution is -1.96. The standard InChI is InChI=1S/C53H32N4O/c1-4-14-33(15-5-1)51-41-27-26-39-43-31-36(25-29-49(43)58-52(39)50(41)40-21-10-12-22-44(40)54-51)46-32-45(55-53(56-46)34-16-6-2-7-17-34)35-24-28-48-42(30-35)38-20-11-13-23-47(38)57(48)37-18-8-3-9-19-37/h1-32H. The Labute approximate surface area is 333 Å². The van der Waals surface area contributed by atoms with Crippen molar-refractivity contribution in [3.8, 4) is 50.8 Å². The maximum atomic E-state index is 6.79. The van der Waals surface area contributed by atoms with Crippen molar-refractivity contribution in [3.05, 3.63) is 194 Å². The van der Waals surface area contributed by atoms with Crippen LogP contribution in [0, 0.1) is 0 Å². The molecule has 270 valence electrons. The molecule has 0 radical (unpaired) electrons. The molecule has 5 nitrogen and oxygen atoms in total. The minimum atomic E-state index is 0.676. The fourth-order valence-corrected chi connectivity index (χ4v) is 8.69. The molecule has 0 amide bonds. The highest BCUT2D eigenvalue weighted by molar-refractivity contribution is 6.25. The highest BCUT2D eigenvalue weighted by Crippen LogP contribution is 2.42. The molecule has 0 spiro atoms. The Morgan fingerprint density at radius 2 is 0.983 bits per heavy atom. The number of aromatic nitrogens is 4. The fourth-order valence-electron chi connectivity index (χ4n) is 8.69. The Bertz CT molecular complexity index is 3550. The van der Waals surface area contributed by atoms with Crippen molar-refractivity contribution in [2.24, 2.45) is 0 Å². The maximum Gasteiger partial charge on any atom is 0.160 e. The molecule has 5 heteroatoms. The second kappa shape index (κ2) is 12.8. The van der Waals surface area contributed by atoms with Gasteiger partial charge < -0.3 is 8.98 Å². The summed E-state index contributed by atoms with van der Waals surface area (Å²) in [4.78, 5) is 15.6. The Morgan fingerprint density at radius 3 is 1.76 bits per heavy atom. The molecule has 0 atom stereocenters. The zero-order valence-corrected chi connectivity index (χ0v) is 31.2. The van der Waals surface area contributed by atoms with Gasteiger partial charge in [0.2, 0.25) is 0 Å². The molecule has 0 aliphatic carbocycles. The van der Waals surface area contributed by atoms with Gasteiger partial charge in [0.05, 0.1) is 33.6 Å². The zero-order valence-electron chi connectivity index (χ0n) is 31.2. The average Bonchev–Trinajstić information content (AvgIpc) is 3.84. The number of hydrogen-bond donors (Lipinski definition) is 0. The van der Waals surface area contributed by atoms with Crippen LogP contribution in [0.5, 0.6) is 0 Å². The van der Waals surface area contributed by atoms with Gasteiger partial charge in [-0.1, -0.05) is 127 Å². The van der Waals surface area contributed by atoms with Crippen LogP contribution in [0.15, 0.2) is 199 Å². The number of pyridine rings is 1. The molecule has 4 aromatic heterocycles. The van der Waals surface area contributed by atoms with Gasteiger partial charge in [-0.15, -0.1) is 0 Å². The summed E-state index contributed by atoms with van der Waals surface area (Å²) in [7, 11) is 0. The quantitative estimate of drug-likeness (QED) is 0.165. The van der Waals surface area contributed by atoms with E-state index < -0.39 is 0 Å². The maximum absolute atomic E-state index is 6.79. The van der Waals surface area contributed by atoms with Crippen molar-refractivity contribution in [2.45, 2.75) is 0 Å². The second-order valence-corrected chi connectivity index (χ2v) is 14.8. The normalized spacial score (nSPS) is 11.8. The summed E-state index contributed by atoms with van der Waals surface area (Å²) in [5.74, 6) is 0.676. The summed E-state index contributed by atoms with van der Waals surface area (Å²) in [6.07, 6.45) is 0. The fraction of sp³-hybridized carbons (Fsp3) is 0. The SMILES string of the molecule is c1ccc(-c2nc(-c3ccc4oc5c(ccc6c(-c7ccccc7)nc7ccccc7c65)c4c3)cc(-c3ccc4c(c3)c3ccccc3n4-c3ccccc3)n2)cc1. The van der Waals surface area contributed by atoms with E-state index in [2.05, 4.69) is 168 Å². The molecule has 4 heterocycles. The first-order valence-electron chi connectivity index (χ1n) is 19.5. The van der Waals surface area contributed by atoms with Gasteiger partial charge in [-0.05, 0) is 66.7 Å². The van der Waals surface area contributed by atoms with Gasteiger partial charge in [-0.2, -0.15) is 0 Å². The van der Waals surface area contributed by atoms with Crippen LogP contribution in [-0.2, 0) is 0 Å². The molecule has 0 N–H and O–H groups in total. The van der Waals surface area contributed by atoms with Crippen molar-refractivity contribution >= 4 is 65.4 Å². The van der Waals surface area contributed by atoms with Crippen LogP contribution in [-0.4, -0.2) is 19.5 Å². The lowest BCUT2D eigenvalue weighted by molar-refractivity contribution is 0.673. The molecular weight excluding hydrogens is 709 g/mol. The van der Waals surface area contributed by atoms with E-state index in [9.17, 15) is 0 Å². The van der Waals surface area contributed by atoms with Crippen molar-refractivity contribution in [3.63, 3.8) is 0 Å². The summed E-state index contributed by atoms with van der Waals surface area (Å²) in [5, 5.41) is 7.66. The molecule has 0 fully saturated rings. The number of furan rings is 1. The van der Waals surface area contributed by atoms with E-state index in [0.29, 0.717) is 5.82 Å². The summed E-state index contributed by atoms with van der Waals surface area (Å²) in [5.41, 5.74) is 12.8. The lowest BCUT2D eigenvalue weighted by atomic mass is 9.97. The van der Waals surface area contributed by atoms with Crippen LogP contribution >= 0.6 is 0 Å². The van der Waals surface area contributed by atoms with Gasteiger partial charge in [0, 0.05) is 65.6 Å². The molecule has 0 unspecified atom stereocenters. The van der Waals surface area contributed by atoms with Crippen LogP contribution in [0.1, 0.15) is 0 Å². The molecule has 0 saturated heterocycles. The molecule has 0 bridgehead atoms. The van der Waals surface area contributed by atoms with E-state index in [1.165, 1.54) is 16.3 Å². The molecule has 58 heavy (non-hydrogen) atoms. The van der Waals surface area contributed by atoms with Crippen molar-refractivity contribution in [1.82, 2.24) is 19.5 Å². The number of rotatable bonds is 5. The van der Waals surface area contributed by atoms with E-state index in [-0.39, 0.29) is 0 Å². The monoisotopic (exact) mass is 740 g/mol. The predicted molar refractivity (Wildman–Crippen MR) is 238 cm³/mol. The van der Waals surface area contributed by atoms with Gasteiger partial charge in [0.1, 0.15) is 11.2 Å². The summed E-state index contributed by atoms with van der Waals surface area (Å²) in [6.45, 7) is 0. The van der Waals surface area contributed by atoms with Crippen LogP contribution < -0.4 is 0 Å². The van der Waals surface area contributed by atoms with Gasteiger partial charge in [0.25, 0.3) is 0 Å². The van der Waals surface area contributed by atoms with E-state index in [1.54, 1.807) is 0 Å². The first kappa shape index (κ1) is 32.4. The summed E-state index contributed by atoms with van der Waals surface area (Å²) in [6, 6.07) is 67.7. The number of para-hydroxylation sites is 3. The third-order valence-corrected chi connectivity index (χ3v) is 11.4. The van der Waals surface area contributed by atoms with Gasteiger partial charge in [-0.3, -0.25) is 0 Å². The smallest absolute Gasteiger partial charge is 0.160 e. The Morgan fingerprint density at radius 1 is 0.379 bits per heavy atom. The van der Waals surface area contributed by atoms with Crippen LogP contribution in [0.25, 0.3) is 116 Å². The average molecular weight is 741 g/mol. The van der Waals surface area contributed by atoms with E-state index in [0.717, 1.165) is 94.2 Å². The van der Waals surface area contributed by atoms with Crippen molar-refractivity contribution in [1.29, 1.82) is 0 Å². The van der Waals surface area contributed by atoms with E-state index in [4.69, 9.17) is 19.4 Å². The Balaban J connectivity index is 1.06. The minimum absolute atomic E-state index is 0.676. The molecule has 0 aliphatic rings. The Hall–Kier alpha value is -7.89. The largest absolute Gasteiger partial charge is 0.455 e. The third-order valence-electron chi connectivity index (χ3n) is 11.4. The van der Waals surface area contributed by atoms with Crippen molar-refractivity contribution < 1.29 is 4.42 Å². The van der Waals surface area contributed by atoms with Crippen molar-refractivity contribution in [2.75, 3.05) is 0 Å². The highest BCUT2D eigenvalue weighted by Gasteiger charge is 2.19. The first-order valence-corrected chi connectivity index (χ1v) is 19.5. The van der Waals surface area contributed by atoms with Crippen LogP contribution in [0.2, 0.25) is 0 Å². The number of nitrogens with zero attached hydrogens (tertiary/aromatic N) is 4. The molecule has 0 saturated carbocycles. The molecular formula is C53H32N4O. The minimum Gasteiger partial charge on any atom is -0.455 e. The molecule has 8 aromatic carbocycles. The predicted octanol–water partition coefficient (Wildman–Crippen LogP) is 13.8. The lowest BCUT2D eigenvalue weighted by Gasteiger charge is -2.11. The van der Waals surface area contributed by atoms with Crippen LogP contribution in [0.4, 0.5) is 0 Å². The summed E-state index contributed by atoms with van der Waals surface area (Å²) < 4.78 is 9.13. The summed E-state index contributed by atoms with van der Waals surface area (Å²) >= 11 is 0. The topological polar surface area (TPSA) is 56.7 Å². The molecule has 12 aromatic rings. The van der Waals surface area contributed by atoms with Crippen LogP contribution in [0.3, 0.4) is 0 Å².